The summed E-state index contributed by atoms with van der Waals surface area (Å²) in [6.45, 7) is 4.64. The first kappa shape index (κ1) is 9.90. The largest absolute Gasteiger partial charge is 0.348 e. The minimum absolute atomic E-state index is 0.116. The topological polar surface area (TPSA) is 34.9 Å². The smallest absolute Gasteiger partial charge is 0.295 e. The molecule has 1 saturated carbocycles. The van der Waals surface area contributed by atoms with Crippen LogP contribution in [-0.2, 0) is 6.54 Å². The van der Waals surface area contributed by atoms with Crippen LogP contribution in [0.1, 0.15) is 24.2 Å². The fourth-order valence-corrected chi connectivity index (χ4v) is 1.85. The molecule has 14 heavy (non-hydrogen) atoms. The molecule has 1 aromatic rings. The van der Waals surface area contributed by atoms with Gasteiger partial charge in [-0.25, -0.2) is 4.79 Å². The number of hydrogen-bond acceptors (Lipinski definition) is 2. The molecule has 76 valence electrons. The van der Waals surface area contributed by atoms with E-state index in [-0.39, 0.29) is 5.69 Å². The van der Waals surface area contributed by atoms with E-state index in [0.29, 0.717) is 5.92 Å². The summed E-state index contributed by atoms with van der Waals surface area (Å²) in [4.78, 5) is 15.6. The first-order valence-corrected chi connectivity index (χ1v) is 5.62. The van der Waals surface area contributed by atoms with Crippen molar-refractivity contribution in [1.82, 2.24) is 9.55 Å². The summed E-state index contributed by atoms with van der Waals surface area (Å²) < 4.78 is 2.73. The summed E-state index contributed by atoms with van der Waals surface area (Å²) in [5.41, 5.74) is 1.66. The Morgan fingerprint density at radius 2 is 2.14 bits per heavy atom. The van der Waals surface area contributed by atoms with Crippen LogP contribution in [-0.4, -0.2) is 9.55 Å². The predicted octanol–water partition coefficient (Wildman–Crippen LogP) is 2.03. The third-order valence-corrected chi connectivity index (χ3v) is 3.82. The van der Waals surface area contributed by atoms with Crippen LogP contribution < -0.4 is 5.69 Å². The highest BCUT2D eigenvalue weighted by Crippen LogP contribution is 2.31. The van der Waals surface area contributed by atoms with Crippen molar-refractivity contribution in [1.29, 1.82) is 0 Å². The first-order chi connectivity index (χ1) is 6.59. The highest BCUT2D eigenvalue weighted by Gasteiger charge is 2.23. The number of rotatable bonds is 2. The molecular formula is C10H13BrN2O. The Kier molecular flexibility index (Phi) is 2.47. The van der Waals surface area contributed by atoms with Gasteiger partial charge in [-0.05, 0) is 48.5 Å². The van der Waals surface area contributed by atoms with Gasteiger partial charge in [0, 0.05) is 12.2 Å². The normalized spacial score (nSPS) is 15.9. The van der Waals surface area contributed by atoms with E-state index in [1.165, 1.54) is 12.8 Å². The molecule has 1 aliphatic rings. The van der Waals surface area contributed by atoms with Crippen LogP contribution in [0.15, 0.2) is 9.27 Å². The molecule has 0 N–H and O–H groups in total. The SMILES string of the molecule is Cc1nc(=O)n(CC2CC2)c(C)c1Br. The molecule has 0 radical (unpaired) electrons. The van der Waals surface area contributed by atoms with Gasteiger partial charge >= 0.3 is 5.69 Å². The minimum Gasteiger partial charge on any atom is -0.295 e. The van der Waals surface area contributed by atoms with Crippen molar-refractivity contribution in [2.45, 2.75) is 33.2 Å². The lowest BCUT2D eigenvalue weighted by Crippen LogP contribution is -2.27. The van der Waals surface area contributed by atoms with Gasteiger partial charge in [0.25, 0.3) is 0 Å². The van der Waals surface area contributed by atoms with Crippen molar-refractivity contribution in [3.63, 3.8) is 0 Å². The third-order valence-electron chi connectivity index (χ3n) is 2.67. The average molecular weight is 257 g/mol. The number of aryl methyl sites for hydroxylation is 1. The molecule has 0 aliphatic heterocycles. The zero-order valence-corrected chi connectivity index (χ0v) is 9.97. The molecule has 1 aromatic heterocycles. The molecule has 4 heteroatoms. The second-order valence-electron chi connectivity index (χ2n) is 3.93. The fourth-order valence-electron chi connectivity index (χ4n) is 1.55. The van der Waals surface area contributed by atoms with Crippen LogP contribution in [0.2, 0.25) is 0 Å². The lowest BCUT2D eigenvalue weighted by atomic mass is 10.3. The van der Waals surface area contributed by atoms with Gasteiger partial charge in [-0.2, -0.15) is 4.98 Å². The maximum absolute atomic E-state index is 11.6. The van der Waals surface area contributed by atoms with Crippen molar-refractivity contribution in [2.24, 2.45) is 5.92 Å². The maximum atomic E-state index is 11.6. The summed E-state index contributed by atoms with van der Waals surface area (Å²) in [5.74, 6) is 0.697. The molecule has 0 bridgehead atoms. The van der Waals surface area contributed by atoms with Crippen LogP contribution in [0, 0.1) is 19.8 Å². The van der Waals surface area contributed by atoms with Gasteiger partial charge in [-0.3, -0.25) is 4.57 Å². The van der Waals surface area contributed by atoms with Gasteiger partial charge in [0.15, 0.2) is 0 Å². The standard InChI is InChI=1S/C10H13BrN2O/c1-6-9(11)7(2)13(10(14)12-6)5-8-3-4-8/h8H,3-5H2,1-2H3. The first-order valence-electron chi connectivity index (χ1n) is 4.83. The zero-order valence-electron chi connectivity index (χ0n) is 8.38. The van der Waals surface area contributed by atoms with Gasteiger partial charge in [-0.15, -0.1) is 0 Å². The molecule has 0 aromatic carbocycles. The van der Waals surface area contributed by atoms with Crippen LogP contribution >= 0.6 is 15.9 Å². The zero-order chi connectivity index (χ0) is 10.3. The summed E-state index contributed by atoms with van der Waals surface area (Å²) in [6.07, 6.45) is 2.49. The maximum Gasteiger partial charge on any atom is 0.348 e. The Bertz CT molecular complexity index is 421. The van der Waals surface area contributed by atoms with E-state index < -0.39 is 0 Å². The predicted molar refractivity (Wildman–Crippen MR) is 58.4 cm³/mol. The summed E-state index contributed by atoms with van der Waals surface area (Å²) >= 11 is 3.45. The molecular weight excluding hydrogens is 244 g/mol. The Morgan fingerprint density at radius 3 is 2.71 bits per heavy atom. The van der Waals surface area contributed by atoms with Gasteiger partial charge in [0.2, 0.25) is 0 Å². The molecule has 0 amide bonds. The lowest BCUT2D eigenvalue weighted by molar-refractivity contribution is 0.572. The summed E-state index contributed by atoms with van der Waals surface area (Å²) in [7, 11) is 0. The number of hydrogen-bond donors (Lipinski definition) is 0. The number of nitrogens with zero attached hydrogens (tertiary/aromatic N) is 2. The molecule has 3 nitrogen and oxygen atoms in total. The minimum atomic E-state index is -0.116. The molecule has 1 aliphatic carbocycles. The van der Waals surface area contributed by atoms with Crippen LogP contribution in [0.4, 0.5) is 0 Å². The Balaban J connectivity index is 2.46. The van der Waals surface area contributed by atoms with Crippen LogP contribution in [0.5, 0.6) is 0 Å². The van der Waals surface area contributed by atoms with Crippen LogP contribution in [0.3, 0.4) is 0 Å². The van der Waals surface area contributed by atoms with Crippen molar-refractivity contribution in [3.05, 3.63) is 26.3 Å². The van der Waals surface area contributed by atoms with Crippen LogP contribution in [0.25, 0.3) is 0 Å². The van der Waals surface area contributed by atoms with E-state index in [4.69, 9.17) is 0 Å². The monoisotopic (exact) mass is 256 g/mol. The number of aromatic nitrogens is 2. The van der Waals surface area contributed by atoms with Crippen molar-refractivity contribution < 1.29 is 0 Å². The molecule has 1 fully saturated rings. The van der Waals surface area contributed by atoms with Gasteiger partial charge in [-0.1, -0.05) is 0 Å². The Morgan fingerprint density at radius 1 is 1.50 bits per heavy atom. The number of halogens is 1. The Labute approximate surface area is 91.3 Å². The van der Waals surface area contributed by atoms with Gasteiger partial charge in [0.1, 0.15) is 0 Å². The molecule has 0 unspecified atom stereocenters. The molecule has 0 spiro atoms. The molecule has 1 heterocycles. The second kappa shape index (κ2) is 3.50. The fraction of sp³-hybridized carbons (Fsp3) is 0.600. The quantitative estimate of drug-likeness (QED) is 0.812. The van der Waals surface area contributed by atoms with Crippen molar-refractivity contribution in [3.8, 4) is 0 Å². The lowest BCUT2D eigenvalue weighted by Gasteiger charge is -2.11. The highest BCUT2D eigenvalue weighted by atomic mass is 79.9. The van der Waals surface area contributed by atoms with Gasteiger partial charge in [0.05, 0.1) is 10.2 Å². The van der Waals surface area contributed by atoms with E-state index in [2.05, 4.69) is 20.9 Å². The molecule has 0 saturated heterocycles. The Hall–Kier alpha value is -0.640. The van der Waals surface area contributed by atoms with Crippen molar-refractivity contribution in [2.75, 3.05) is 0 Å². The second-order valence-corrected chi connectivity index (χ2v) is 4.73. The summed E-state index contributed by atoms with van der Waals surface area (Å²) in [5, 5.41) is 0. The van der Waals surface area contributed by atoms with Crippen molar-refractivity contribution >= 4 is 15.9 Å². The van der Waals surface area contributed by atoms with E-state index >= 15 is 0 Å². The highest BCUT2D eigenvalue weighted by molar-refractivity contribution is 9.10. The third kappa shape index (κ3) is 1.75. The van der Waals surface area contributed by atoms with E-state index in [9.17, 15) is 4.79 Å². The van der Waals surface area contributed by atoms with E-state index in [1.54, 1.807) is 4.57 Å². The van der Waals surface area contributed by atoms with Gasteiger partial charge < -0.3 is 0 Å². The molecule has 0 atom stereocenters. The van der Waals surface area contributed by atoms with E-state index in [1.807, 2.05) is 13.8 Å². The average Bonchev–Trinajstić information content (AvgIpc) is 2.92. The summed E-state index contributed by atoms with van der Waals surface area (Å²) in [6, 6.07) is 0. The molecule has 2 rings (SSSR count). The van der Waals surface area contributed by atoms with E-state index in [0.717, 1.165) is 22.4 Å².